The van der Waals surface area contributed by atoms with Gasteiger partial charge in [0.25, 0.3) is 0 Å². The van der Waals surface area contributed by atoms with E-state index >= 15 is 0 Å². The molecule has 0 saturated heterocycles. The van der Waals surface area contributed by atoms with Crippen molar-refractivity contribution in [3.8, 4) is 0 Å². The minimum absolute atomic E-state index is 0.215. The predicted molar refractivity (Wildman–Crippen MR) is 87.1 cm³/mol. The van der Waals surface area contributed by atoms with Gasteiger partial charge in [-0.1, -0.05) is 0 Å². The van der Waals surface area contributed by atoms with Crippen LogP contribution in [0.4, 0.5) is 10.1 Å². The third-order valence-electron chi connectivity index (χ3n) is 3.49. The Morgan fingerprint density at radius 1 is 1.43 bits per heavy atom. The van der Waals surface area contributed by atoms with Crippen LogP contribution in [0.2, 0.25) is 0 Å². The van der Waals surface area contributed by atoms with Crippen LogP contribution in [0.5, 0.6) is 0 Å². The summed E-state index contributed by atoms with van der Waals surface area (Å²) in [6.07, 6.45) is 4.38. The molecule has 0 radical (unpaired) electrons. The maximum atomic E-state index is 12.3. The number of ether oxygens (including phenoxy) is 1. The fourth-order valence-corrected chi connectivity index (χ4v) is 4.62. The van der Waals surface area contributed by atoms with E-state index in [0.717, 1.165) is 40.7 Å². The molecule has 0 aliphatic heterocycles. The number of hydrogen-bond acceptors (Lipinski definition) is 6. The zero-order valence-electron chi connectivity index (χ0n) is 12.2. The van der Waals surface area contributed by atoms with Crippen molar-refractivity contribution in [3.63, 3.8) is 0 Å². The van der Waals surface area contributed by atoms with Crippen LogP contribution in [-0.2, 0) is 17.6 Å². The maximum absolute atomic E-state index is 12.3. The third kappa shape index (κ3) is 2.96. The van der Waals surface area contributed by atoms with Gasteiger partial charge < -0.3 is 10.1 Å². The topological polar surface area (TPSA) is 51.2 Å². The number of rotatable bonds is 4. The number of fused-ring (bicyclic) bond motifs is 1. The van der Waals surface area contributed by atoms with Gasteiger partial charge in [0, 0.05) is 10.3 Å². The number of aryl methyl sites for hydroxylation is 2. The third-order valence-corrected chi connectivity index (χ3v) is 5.57. The molecule has 2 heterocycles. The van der Waals surface area contributed by atoms with Crippen LogP contribution < -0.4 is 5.32 Å². The molecule has 0 aromatic carbocycles. The number of thiophene rings is 1. The Morgan fingerprint density at radius 2 is 2.24 bits per heavy atom. The molecule has 3 rings (SSSR count). The van der Waals surface area contributed by atoms with E-state index in [2.05, 4.69) is 10.3 Å². The van der Waals surface area contributed by atoms with Gasteiger partial charge in [0.05, 0.1) is 17.9 Å². The van der Waals surface area contributed by atoms with Crippen molar-refractivity contribution in [1.29, 1.82) is 0 Å². The normalized spacial score (nSPS) is 13.8. The molecular weight excluding hydrogens is 304 g/mol. The first-order valence-electron chi connectivity index (χ1n) is 7.20. The maximum Gasteiger partial charge on any atom is 0.341 e. The molecule has 4 nitrogen and oxygen atoms in total. The number of esters is 1. The van der Waals surface area contributed by atoms with Gasteiger partial charge in [0.1, 0.15) is 5.00 Å². The summed E-state index contributed by atoms with van der Waals surface area (Å²) >= 11 is 3.23. The summed E-state index contributed by atoms with van der Waals surface area (Å²) in [6.45, 7) is 4.21. The number of carbonyl (C=O) groups is 1. The molecule has 112 valence electrons. The quantitative estimate of drug-likeness (QED) is 0.852. The van der Waals surface area contributed by atoms with E-state index in [1.54, 1.807) is 22.7 Å². The minimum atomic E-state index is -0.215. The Labute approximate surface area is 132 Å². The number of hydrogen-bond donors (Lipinski definition) is 1. The fourth-order valence-electron chi connectivity index (χ4n) is 2.58. The average molecular weight is 322 g/mol. The van der Waals surface area contributed by atoms with Gasteiger partial charge >= 0.3 is 5.97 Å². The molecule has 2 aromatic heterocycles. The van der Waals surface area contributed by atoms with Gasteiger partial charge in [-0.2, -0.15) is 0 Å². The zero-order chi connectivity index (χ0) is 14.8. The summed E-state index contributed by atoms with van der Waals surface area (Å²) in [7, 11) is 0. The largest absolute Gasteiger partial charge is 0.462 e. The van der Waals surface area contributed by atoms with E-state index in [0.29, 0.717) is 6.61 Å². The van der Waals surface area contributed by atoms with Crippen LogP contribution in [0, 0.1) is 6.92 Å². The molecular formula is C15H18N2O2S2. The predicted octanol–water partition coefficient (Wildman–Crippen LogP) is 4.31. The number of anilines is 2. The van der Waals surface area contributed by atoms with Crippen molar-refractivity contribution in [2.45, 2.75) is 39.5 Å². The lowest BCUT2D eigenvalue weighted by Gasteiger charge is -2.12. The molecule has 0 bridgehead atoms. The molecule has 21 heavy (non-hydrogen) atoms. The monoisotopic (exact) mass is 322 g/mol. The molecule has 0 amide bonds. The van der Waals surface area contributed by atoms with Gasteiger partial charge in [-0.25, -0.2) is 9.78 Å². The first-order valence-corrected chi connectivity index (χ1v) is 8.89. The van der Waals surface area contributed by atoms with E-state index in [1.165, 1.54) is 16.9 Å². The summed E-state index contributed by atoms with van der Waals surface area (Å²) in [5.74, 6) is -0.215. The van der Waals surface area contributed by atoms with Crippen LogP contribution >= 0.6 is 22.7 Å². The van der Waals surface area contributed by atoms with Crippen molar-refractivity contribution in [1.82, 2.24) is 4.98 Å². The molecule has 2 aromatic rings. The van der Waals surface area contributed by atoms with Gasteiger partial charge in [0.15, 0.2) is 5.13 Å². The average Bonchev–Trinajstić information content (AvgIpc) is 3.02. The Morgan fingerprint density at radius 3 is 2.95 bits per heavy atom. The highest BCUT2D eigenvalue weighted by molar-refractivity contribution is 7.18. The molecule has 1 aliphatic rings. The zero-order valence-corrected chi connectivity index (χ0v) is 13.8. The number of thiazole rings is 1. The molecule has 0 atom stereocenters. The number of nitrogens with zero attached hydrogens (tertiary/aromatic N) is 1. The second kappa shape index (κ2) is 6.15. The van der Waals surface area contributed by atoms with Crippen LogP contribution in [0.15, 0.2) is 5.38 Å². The second-order valence-electron chi connectivity index (χ2n) is 5.05. The first-order chi connectivity index (χ1) is 10.2. The highest BCUT2D eigenvalue weighted by Crippen LogP contribution is 2.40. The molecule has 1 aliphatic carbocycles. The van der Waals surface area contributed by atoms with E-state index in [9.17, 15) is 4.79 Å². The Kier molecular flexibility index (Phi) is 4.26. The van der Waals surface area contributed by atoms with E-state index in [-0.39, 0.29) is 5.97 Å². The van der Waals surface area contributed by atoms with E-state index < -0.39 is 0 Å². The van der Waals surface area contributed by atoms with Crippen LogP contribution in [-0.4, -0.2) is 17.6 Å². The lowest BCUT2D eigenvalue weighted by Crippen LogP contribution is -2.10. The summed E-state index contributed by atoms with van der Waals surface area (Å²) in [6, 6.07) is 0. The van der Waals surface area contributed by atoms with Crippen molar-refractivity contribution in [2.75, 3.05) is 11.9 Å². The minimum Gasteiger partial charge on any atom is -0.462 e. The van der Waals surface area contributed by atoms with E-state index in [1.807, 2.05) is 19.2 Å². The molecule has 0 fully saturated rings. The Balaban J connectivity index is 1.98. The summed E-state index contributed by atoms with van der Waals surface area (Å²) in [4.78, 5) is 18.1. The van der Waals surface area contributed by atoms with Crippen LogP contribution in [0.3, 0.4) is 0 Å². The smallest absolute Gasteiger partial charge is 0.341 e. The molecule has 0 spiro atoms. The van der Waals surface area contributed by atoms with Crippen molar-refractivity contribution in [2.24, 2.45) is 0 Å². The van der Waals surface area contributed by atoms with Gasteiger partial charge in [-0.15, -0.1) is 22.7 Å². The highest BCUT2D eigenvalue weighted by Gasteiger charge is 2.26. The lowest BCUT2D eigenvalue weighted by atomic mass is 9.95. The number of aromatic nitrogens is 1. The number of carbonyl (C=O) groups excluding carboxylic acids is 1. The van der Waals surface area contributed by atoms with Crippen LogP contribution in [0.25, 0.3) is 0 Å². The van der Waals surface area contributed by atoms with Crippen molar-refractivity contribution >= 4 is 38.8 Å². The Hall–Kier alpha value is -1.40. The van der Waals surface area contributed by atoms with Gasteiger partial charge in [-0.05, 0) is 45.1 Å². The summed E-state index contributed by atoms with van der Waals surface area (Å²) in [5.41, 5.74) is 2.89. The van der Waals surface area contributed by atoms with E-state index in [4.69, 9.17) is 4.74 Å². The summed E-state index contributed by atoms with van der Waals surface area (Å²) in [5, 5.41) is 7.03. The Bertz CT molecular complexity index is 661. The molecule has 1 N–H and O–H groups in total. The van der Waals surface area contributed by atoms with Gasteiger partial charge in [-0.3, -0.25) is 0 Å². The second-order valence-corrected chi connectivity index (χ2v) is 7.02. The SMILES string of the molecule is CCOC(=O)c1c(Nc2nc(C)cs2)sc2c1CCCC2. The molecule has 0 unspecified atom stereocenters. The summed E-state index contributed by atoms with van der Waals surface area (Å²) < 4.78 is 5.25. The van der Waals surface area contributed by atoms with Crippen LogP contribution in [0.1, 0.15) is 46.3 Å². The van der Waals surface area contributed by atoms with Gasteiger partial charge in [0.2, 0.25) is 0 Å². The van der Waals surface area contributed by atoms with Crippen molar-refractivity contribution < 1.29 is 9.53 Å². The first kappa shape index (κ1) is 14.5. The molecule has 0 saturated carbocycles. The lowest BCUT2D eigenvalue weighted by molar-refractivity contribution is 0.0526. The van der Waals surface area contributed by atoms with Crippen molar-refractivity contribution in [3.05, 3.63) is 27.1 Å². The highest BCUT2D eigenvalue weighted by atomic mass is 32.1. The fraction of sp³-hybridized carbons (Fsp3) is 0.467. The molecule has 6 heteroatoms. The standard InChI is InChI=1S/C15H18N2O2S2/c1-3-19-14(18)12-10-6-4-5-7-11(10)21-13(12)17-15-16-9(2)8-20-15/h8H,3-7H2,1-2H3,(H,16,17). The number of nitrogens with one attached hydrogen (secondary N) is 1.